The van der Waals surface area contributed by atoms with Crippen LogP contribution in [-0.2, 0) is 6.42 Å². The molecule has 1 nitrogen and oxygen atoms in total. The van der Waals surface area contributed by atoms with E-state index in [-0.39, 0.29) is 12.0 Å². The molecule has 0 spiro atoms. The van der Waals surface area contributed by atoms with Crippen LogP contribution < -0.4 is 0 Å². The zero-order valence-corrected chi connectivity index (χ0v) is 9.91. The summed E-state index contributed by atoms with van der Waals surface area (Å²) < 4.78 is 39.7. The van der Waals surface area contributed by atoms with Crippen molar-refractivity contribution in [2.75, 3.05) is 20.6 Å². The summed E-state index contributed by atoms with van der Waals surface area (Å²) in [4.78, 5) is 1.89. The first kappa shape index (κ1) is 13.3. The van der Waals surface area contributed by atoms with Gasteiger partial charge in [-0.15, -0.1) is 0 Å². The minimum absolute atomic E-state index is 0.157. The standard InChI is InChI=1S/C11H13ClF3N/c1-16(2)5-3-4-7-9(13)6-8(12)11(15)10(7)14/h6H,3-5H2,1-2H3. The Bertz CT molecular complexity index is 380. The summed E-state index contributed by atoms with van der Waals surface area (Å²) in [5.41, 5.74) is -0.233. The molecule has 0 atom stereocenters. The summed E-state index contributed by atoms with van der Waals surface area (Å²) in [6, 6.07) is 0.810. The summed E-state index contributed by atoms with van der Waals surface area (Å²) >= 11 is 5.31. The van der Waals surface area contributed by atoms with Crippen molar-refractivity contribution in [3.63, 3.8) is 0 Å². The number of nitrogens with zero attached hydrogens (tertiary/aromatic N) is 1. The number of benzene rings is 1. The van der Waals surface area contributed by atoms with Crippen LogP contribution in [0.3, 0.4) is 0 Å². The average molecular weight is 252 g/mol. The minimum Gasteiger partial charge on any atom is -0.309 e. The lowest BCUT2D eigenvalue weighted by molar-refractivity contribution is 0.395. The Balaban J connectivity index is 2.84. The molecule has 1 aromatic carbocycles. The monoisotopic (exact) mass is 251 g/mol. The maximum Gasteiger partial charge on any atom is 0.177 e. The number of hydrogen-bond donors (Lipinski definition) is 0. The predicted molar refractivity (Wildman–Crippen MR) is 58.2 cm³/mol. The molecule has 0 N–H and O–H groups in total. The molecule has 0 amide bonds. The van der Waals surface area contributed by atoms with E-state index in [9.17, 15) is 13.2 Å². The molecule has 5 heteroatoms. The van der Waals surface area contributed by atoms with Gasteiger partial charge in [-0.2, -0.15) is 0 Å². The molecule has 0 heterocycles. The molecule has 0 aliphatic rings. The molecule has 1 aromatic rings. The second-order valence-electron chi connectivity index (χ2n) is 3.85. The van der Waals surface area contributed by atoms with Crippen LogP contribution in [0.25, 0.3) is 0 Å². The zero-order chi connectivity index (χ0) is 12.3. The van der Waals surface area contributed by atoms with Gasteiger partial charge in [0.15, 0.2) is 11.6 Å². The highest BCUT2D eigenvalue weighted by molar-refractivity contribution is 6.30. The largest absolute Gasteiger partial charge is 0.309 e. The molecule has 0 unspecified atom stereocenters. The Hall–Kier alpha value is -0.740. The summed E-state index contributed by atoms with van der Waals surface area (Å²) in [6.45, 7) is 0.684. The summed E-state index contributed by atoms with van der Waals surface area (Å²) in [5, 5.41) is -0.522. The molecule has 16 heavy (non-hydrogen) atoms. The lowest BCUT2D eigenvalue weighted by Crippen LogP contribution is -2.14. The van der Waals surface area contributed by atoms with Gasteiger partial charge >= 0.3 is 0 Å². The fourth-order valence-electron chi connectivity index (χ4n) is 1.41. The Morgan fingerprint density at radius 2 is 1.81 bits per heavy atom. The van der Waals surface area contributed by atoms with E-state index in [1.54, 1.807) is 0 Å². The lowest BCUT2D eigenvalue weighted by Gasteiger charge is -2.10. The number of hydrogen-bond acceptors (Lipinski definition) is 1. The van der Waals surface area contributed by atoms with Crippen molar-refractivity contribution in [3.05, 3.63) is 34.1 Å². The Morgan fingerprint density at radius 3 is 2.38 bits per heavy atom. The third-order valence-corrected chi connectivity index (χ3v) is 2.52. The normalized spacial score (nSPS) is 11.2. The highest BCUT2D eigenvalue weighted by Crippen LogP contribution is 2.24. The first-order chi connectivity index (χ1) is 7.43. The van der Waals surface area contributed by atoms with E-state index < -0.39 is 22.5 Å². The van der Waals surface area contributed by atoms with Gasteiger partial charge in [-0.25, -0.2) is 13.2 Å². The molecule has 0 fully saturated rings. The molecule has 0 saturated carbocycles. The second-order valence-corrected chi connectivity index (χ2v) is 4.26. The van der Waals surface area contributed by atoms with Crippen LogP contribution in [0.15, 0.2) is 6.07 Å². The smallest absolute Gasteiger partial charge is 0.177 e. The van der Waals surface area contributed by atoms with E-state index in [0.717, 1.165) is 6.07 Å². The summed E-state index contributed by atoms with van der Waals surface area (Å²) in [6.07, 6.45) is 0.714. The third-order valence-electron chi connectivity index (χ3n) is 2.24. The van der Waals surface area contributed by atoms with E-state index in [0.29, 0.717) is 13.0 Å². The number of halogens is 4. The van der Waals surface area contributed by atoms with Crippen LogP contribution in [-0.4, -0.2) is 25.5 Å². The van der Waals surface area contributed by atoms with E-state index in [2.05, 4.69) is 0 Å². The van der Waals surface area contributed by atoms with Crippen molar-refractivity contribution in [1.29, 1.82) is 0 Å². The lowest BCUT2D eigenvalue weighted by atomic mass is 10.1. The maximum absolute atomic E-state index is 13.3. The fourth-order valence-corrected chi connectivity index (χ4v) is 1.58. The van der Waals surface area contributed by atoms with Crippen molar-refractivity contribution in [2.24, 2.45) is 0 Å². The highest BCUT2D eigenvalue weighted by Gasteiger charge is 2.17. The fraction of sp³-hybridized carbons (Fsp3) is 0.455. The zero-order valence-electron chi connectivity index (χ0n) is 9.16. The molecule has 0 aliphatic carbocycles. The first-order valence-electron chi connectivity index (χ1n) is 4.90. The molecule has 90 valence electrons. The van der Waals surface area contributed by atoms with Gasteiger partial charge in [0.1, 0.15) is 5.82 Å². The van der Waals surface area contributed by atoms with Gasteiger partial charge in [0, 0.05) is 5.56 Å². The molecule has 0 aromatic heterocycles. The van der Waals surface area contributed by atoms with Crippen molar-refractivity contribution >= 4 is 11.6 Å². The van der Waals surface area contributed by atoms with E-state index in [1.807, 2.05) is 19.0 Å². The van der Waals surface area contributed by atoms with E-state index in [4.69, 9.17) is 11.6 Å². The van der Waals surface area contributed by atoms with Gasteiger partial charge in [0.05, 0.1) is 5.02 Å². The Kier molecular flexibility index (Phi) is 4.62. The van der Waals surface area contributed by atoms with Crippen LogP contribution in [0.2, 0.25) is 5.02 Å². The predicted octanol–water partition coefficient (Wildman–Crippen LogP) is 3.25. The van der Waals surface area contributed by atoms with Crippen LogP contribution in [0.4, 0.5) is 13.2 Å². The van der Waals surface area contributed by atoms with Crippen molar-refractivity contribution in [3.8, 4) is 0 Å². The van der Waals surface area contributed by atoms with Gasteiger partial charge in [-0.3, -0.25) is 0 Å². The first-order valence-corrected chi connectivity index (χ1v) is 5.28. The minimum atomic E-state index is -1.18. The quantitative estimate of drug-likeness (QED) is 0.587. The van der Waals surface area contributed by atoms with Crippen molar-refractivity contribution < 1.29 is 13.2 Å². The molecular formula is C11H13ClF3N. The van der Waals surface area contributed by atoms with Gasteiger partial charge in [0.25, 0.3) is 0 Å². The molecule has 0 radical (unpaired) electrons. The molecule has 0 saturated heterocycles. The van der Waals surface area contributed by atoms with Crippen molar-refractivity contribution in [2.45, 2.75) is 12.8 Å². The second kappa shape index (κ2) is 5.55. The maximum atomic E-state index is 13.3. The summed E-state index contributed by atoms with van der Waals surface area (Å²) in [7, 11) is 3.71. The van der Waals surface area contributed by atoms with Gasteiger partial charge in [0.2, 0.25) is 0 Å². The average Bonchev–Trinajstić information content (AvgIpc) is 2.19. The molecule has 0 bridgehead atoms. The molecule has 0 aliphatic heterocycles. The van der Waals surface area contributed by atoms with Gasteiger partial charge in [-0.05, 0) is 39.5 Å². The van der Waals surface area contributed by atoms with Crippen LogP contribution in [0.5, 0.6) is 0 Å². The highest BCUT2D eigenvalue weighted by atomic mass is 35.5. The van der Waals surface area contributed by atoms with E-state index >= 15 is 0 Å². The van der Waals surface area contributed by atoms with Crippen LogP contribution in [0.1, 0.15) is 12.0 Å². The van der Waals surface area contributed by atoms with Crippen LogP contribution >= 0.6 is 11.6 Å². The third kappa shape index (κ3) is 3.12. The van der Waals surface area contributed by atoms with Crippen LogP contribution in [0, 0.1) is 17.5 Å². The van der Waals surface area contributed by atoms with E-state index in [1.165, 1.54) is 0 Å². The van der Waals surface area contributed by atoms with Gasteiger partial charge < -0.3 is 4.90 Å². The number of rotatable bonds is 4. The molecule has 1 rings (SSSR count). The van der Waals surface area contributed by atoms with Gasteiger partial charge in [-0.1, -0.05) is 11.6 Å². The SMILES string of the molecule is CN(C)CCCc1c(F)cc(Cl)c(F)c1F. The topological polar surface area (TPSA) is 3.24 Å². The summed E-state index contributed by atoms with van der Waals surface area (Å²) in [5.74, 6) is -3.14. The van der Waals surface area contributed by atoms with Crippen molar-refractivity contribution in [1.82, 2.24) is 4.90 Å². The Labute approximate surface area is 97.8 Å². The molecular weight excluding hydrogens is 239 g/mol. The Morgan fingerprint density at radius 1 is 1.19 bits per heavy atom.